The van der Waals surface area contributed by atoms with Gasteiger partial charge in [-0.25, -0.2) is 0 Å². The van der Waals surface area contributed by atoms with Gasteiger partial charge in [-0.1, -0.05) is 11.6 Å². The standard InChI is InChI=1S/C10H11ClN2O2/c11-9-2-1-7(13(14)15)5-8(9)10(6-12)3-4-10/h1-2,5H,3-4,6,12H2. The van der Waals surface area contributed by atoms with Gasteiger partial charge in [0.1, 0.15) is 0 Å². The summed E-state index contributed by atoms with van der Waals surface area (Å²) in [5.74, 6) is 0. The van der Waals surface area contributed by atoms with Crippen LogP contribution in [0.2, 0.25) is 5.02 Å². The van der Waals surface area contributed by atoms with Gasteiger partial charge in [0, 0.05) is 29.1 Å². The molecule has 1 aliphatic carbocycles. The third-order valence-electron chi connectivity index (χ3n) is 2.98. The van der Waals surface area contributed by atoms with Crippen LogP contribution in [0.15, 0.2) is 18.2 Å². The fraction of sp³-hybridized carbons (Fsp3) is 0.400. The first-order chi connectivity index (χ1) is 7.09. The Kier molecular flexibility index (Phi) is 2.40. The van der Waals surface area contributed by atoms with Crippen LogP contribution < -0.4 is 5.73 Å². The number of nitrogens with two attached hydrogens (primary N) is 1. The fourth-order valence-electron chi connectivity index (χ4n) is 1.77. The third-order valence-corrected chi connectivity index (χ3v) is 3.31. The molecule has 1 saturated carbocycles. The van der Waals surface area contributed by atoms with Crippen molar-refractivity contribution in [3.05, 3.63) is 38.9 Å². The molecule has 0 bridgehead atoms. The van der Waals surface area contributed by atoms with Crippen molar-refractivity contribution in [1.29, 1.82) is 0 Å². The van der Waals surface area contributed by atoms with E-state index in [9.17, 15) is 10.1 Å². The van der Waals surface area contributed by atoms with E-state index in [-0.39, 0.29) is 11.1 Å². The average molecular weight is 227 g/mol. The average Bonchev–Trinajstić information content (AvgIpc) is 2.99. The van der Waals surface area contributed by atoms with Crippen molar-refractivity contribution in [1.82, 2.24) is 0 Å². The smallest absolute Gasteiger partial charge is 0.269 e. The van der Waals surface area contributed by atoms with Gasteiger partial charge in [0.05, 0.1) is 4.92 Å². The van der Waals surface area contributed by atoms with Gasteiger partial charge in [-0.3, -0.25) is 10.1 Å². The Hall–Kier alpha value is -1.13. The van der Waals surface area contributed by atoms with Gasteiger partial charge < -0.3 is 5.73 Å². The molecule has 80 valence electrons. The molecule has 0 heterocycles. The fourth-order valence-corrected chi connectivity index (χ4v) is 2.09. The number of benzene rings is 1. The summed E-state index contributed by atoms with van der Waals surface area (Å²) in [7, 11) is 0. The maximum atomic E-state index is 10.6. The van der Waals surface area contributed by atoms with E-state index >= 15 is 0 Å². The van der Waals surface area contributed by atoms with Crippen LogP contribution >= 0.6 is 11.6 Å². The minimum absolute atomic E-state index is 0.0779. The van der Waals surface area contributed by atoms with E-state index < -0.39 is 4.92 Å². The van der Waals surface area contributed by atoms with Crippen LogP contribution in [0.25, 0.3) is 0 Å². The monoisotopic (exact) mass is 226 g/mol. The Balaban J connectivity index is 2.46. The molecule has 0 unspecified atom stereocenters. The molecule has 1 aromatic rings. The van der Waals surface area contributed by atoms with Crippen LogP contribution in [0.1, 0.15) is 18.4 Å². The largest absolute Gasteiger partial charge is 0.330 e. The summed E-state index contributed by atoms with van der Waals surface area (Å²) in [6.07, 6.45) is 1.93. The molecule has 1 aliphatic rings. The molecular formula is C10H11ClN2O2. The lowest BCUT2D eigenvalue weighted by molar-refractivity contribution is -0.384. The maximum Gasteiger partial charge on any atom is 0.269 e. The molecule has 0 aromatic heterocycles. The zero-order valence-electron chi connectivity index (χ0n) is 8.07. The zero-order chi connectivity index (χ0) is 11.1. The lowest BCUT2D eigenvalue weighted by atomic mass is 9.96. The molecule has 0 amide bonds. The molecule has 2 N–H and O–H groups in total. The molecule has 15 heavy (non-hydrogen) atoms. The Morgan fingerprint density at radius 2 is 2.20 bits per heavy atom. The molecule has 1 fully saturated rings. The second kappa shape index (κ2) is 3.47. The maximum absolute atomic E-state index is 10.6. The number of nitrogens with zero attached hydrogens (tertiary/aromatic N) is 1. The predicted octanol–water partition coefficient (Wildman–Crippen LogP) is 2.24. The topological polar surface area (TPSA) is 69.2 Å². The van der Waals surface area contributed by atoms with Crippen molar-refractivity contribution in [2.75, 3.05) is 6.54 Å². The van der Waals surface area contributed by atoms with E-state index in [4.69, 9.17) is 17.3 Å². The van der Waals surface area contributed by atoms with Crippen molar-refractivity contribution in [2.45, 2.75) is 18.3 Å². The highest BCUT2D eigenvalue weighted by atomic mass is 35.5. The van der Waals surface area contributed by atoms with E-state index in [1.807, 2.05) is 0 Å². The summed E-state index contributed by atoms with van der Waals surface area (Å²) in [6, 6.07) is 4.53. The van der Waals surface area contributed by atoms with E-state index in [1.165, 1.54) is 6.07 Å². The first-order valence-corrected chi connectivity index (χ1v) is 5.11. The zero-order valence-corrected chi connectivity index (χ0v) is 8.83. The Morgan fingerprint density at radius 3 is 2.67 bits per heavy atom. The van der Waals surface area contributed by atoms with Crippen LogP contribution in [0.5, 0.6) is 0 Å². The second-order valence-electron chi connectivity index (χ2n) is 3.91. The number of nitro benzene ring substituents is 1. The Morgan fingerprint density at radius 1 is 1.53 bits per heavy atom. The highest BCUT2D eigenvalue weighted by molar-refractivity contribution is 6.31. The second-order valence-corrected chi connectivity index (χ2v) is 4.31. The number of nitro groups is 1. The van der Waals surface area contributed by atoms with E-state index in [0.29, 0.717) is 11.6 Å². The van der Waals surface area contributed by atoms with Crippen molar-refractivity contribution in [3.63, 3.8) is 0 Å². The lowest BCUT2D eigenvalue weighted by Crippen LogP contribution is -2.20. The van der Waals surface area contributed by atoms with Gasteiger partial charge in [-0.05, 0) is 24.5 Å². The molecule has 0 atom stereocenters. The van der Waals surface area contributed by atoms with Crippen LogP contribution in [-0.4, -0.2) is 11.5 Å². The molecule has 2 rings (SSSR count). The van der Waals surface area contributed by atoms with Gasteiger partial charge in [0.2, 0.25) is 0 Å². The van der Waals surface area contributed by atoms with Crippen molar-refractivity contribution in [2.24, 2.45) is 5.73 Å². The summed E-state index contributed by atoms with van der Waals surface area (Å²) in [6.45, 7) is 0.494. The van der Waals surface area contributed by atoms with Gasteiger partial charge in [0.15, 0.2) is 0 Å². The van der Waals surface area contributed by atoms with Crippen LogP contribution in [0.3, 0.4) is 0 Å². The highest BCUT2D eigenvalue weighted by Gasteiger charge is 2.44. The summed E-state index contributed by atoms with van der Waals surface area (Å²) in [5, 5.41) is 11.2. The van der Waals surface area contributed by atoms with Crippen molar-refractivity contribution in [3.8, 4) is 0 Å². The highest BCUT2D eigenvalue weighted by Crippen LogP contribution is 2.50. The molecule has 5 heteroatoms. The molecular weight excluding hydrogens is 216 g/mol. The summed E-state index contributed by atoms with van der Waals surface area (Å²) in [4.78, 5) is 10.2. The minimum Gasteiger partial charge on any atom is -0.330 e. The Labute approximate surface area is 92.2 Å². The summed E-state index contributed by atoms with van der Waals surface area (Å²) < 4.78 is 0. The van der Waals surface area contributed by atoms with Crippen LogP contribution in [0.4, 0.5) is 5.69 Å². The molecule has 0 aliphatic heterocycles. The molecule has 4 nitrogen and oxygen atoms in total. The van der Waals surface area contributed by atoms with Crippen molar-refractivity contribution < 1.29 is 4.92 Å². The van der Waals surface area contributed by atoms with Gasteiger partial charge in [-0.15, -0.1) is 0 Å². The van der Waals surface area contributed by atoms with Crippen LogP contribution in [0, 0.1) is 10.1 Å². The van der Waals surface area contributed by atoms with Gasteiger partial charge >= 0.3 is 0 Å². The van der Waals surface area contributed by atoms with Crippen LogP contribution in [-0.2, 0) is 5.41 Å². The Bertz CT molecular complexity index is 416. The number of halogens is 1. The van der Waals surface area contributed by atoms with Gasteiger partial charge in [-0.2, -0.15) is 0 Å². The molecule has 0 saturated heterocycles. The quantitative estimate of drug-likeness (QED) is 0.635. The van der Waals surface area contributed by atoms with Gasteiger partial charge in [0.25, 0.3) is 5.69 Å². The first-order valence-electron chi connectivity index (χ1n) is 4.73. The number of hydrogen-bond donors (Lipinski definition) is 1. The number of non-ortho nitro benzene ring substituents is 1. The third kappa shape index (κ3) is 1.70. The minimum atomic E-state index is -0.410. The molecule has 0 radical (unpaired) electrons. The lowest BCUT2D eigenvalue weighted by Gasteiger charge is -2.13. The van der Waals surface area contributed by atoms with E-state index in [2.05, 4.69) is 0 Å². The van der Waals surface area contributed by atoms with E-state index in [1.54, 1.807) is 12.1 Å². The first kappa shape index (κ1) is 10.4. The molecule has 0 spiro atoms. The number of rotatable bonds is 3. The number of hydrogen-bond acceptors (Lipinski definition) is 3. The predicted molar refractivity (Wildman–Crippen MR) is 58.1 cm³/mol. The summed E-state index contributed by atoms with van der Waals surface area (Å²) in [5.41, 5.74) is 6.46. The summed E-state index contributed by atoms with van der Waals surface area (Å²) >= 11 is 6.03. The van der Waals surface area contributed by atoms with Crippen molar-refractivity contribution >= 4 is 17.3 Å². The molecule has 1 aromatic carbocycles. The normalized spacial score (nSPS) is 17.5. The van der Waals surface area contributed by atoms with E-state index in [0.717, 1.165) is 18.4 Å². The SMILES string of the molecule is NCC1(c2cc([N+](=O)[O-])ccc2Cl)CC1.